The fourth-order valence-electron chi connectivity index (χ4n) is 5.13. The Labute approximate surface area is 255 Å². The van der Waals surface area contributed by atoms with E-state index in [0.717, 1.165) is 27.6 Å². The summed E-state index contributed by atoms with van der Waals surface area (Å²) < 4.78 is 43.0. The van der Waals surface area contributed by atoms with E-state index < -0.39 is 33.8 Å². The lowest BCUT2D eigenvalue weighted by atomic mass is 9.93. The topological polar surface area (TPSA) is 128 Å². The highest BCUT2D eigenvalue weighted by Gasteiger charge is 2.27. The van der Waals surface area contributed by atoms with Gasteiger partial charge in [0.25, 0.3) is 5.56 Å². The van der Waals surface area contributed by atoms with Gasteiger partial charge in [-0.1, -0.05) is 42.5 Å². The maximum atomic E-state index is 13.2. The maximum Gasteiger partial charge on any atom is 0.272 e. The summed E-state index contributed by atoms with van der Waals surface area (Å²) in [5, 5.41) is 27.2. The maximum absolute atomic E-state index is 13.2. The first-order valence-electron chi connectivity index (χ1n) is 14.1. The Morgan fingerprint density at radius 2 is 1.84 bits per heavy atom. The third-order valence-electron chi connectivity index (χ3n) is 7.39. The van der Waals surface area contributed by atoms with Crippen LogP contribution in [0, 0.1) is 11.3 Å². The molecule has 2 unspecified atom stereocenters. The second-order valence-electron chi connectivity index (χ2n) is 11.5. The number of H-pyrrole nitrogens is 1. The predicted octanol–water partition coefficient (Wildman–Crippen LogP) is 5.35. The molecule has 0 fully saturated rings. The molecule has 0 aliphatic rings. The molecule has 0 amide bonds. The van der Waals surface area contributed by atoms with Gasteiger partial charge in [-0.3, -0.25) is 9.48 Å². The zero-order valence-corrected chi connectivity index (χ0v) is 25.6. The van der Waals surface area contributed by atoms with E-state index in [4.69, 9.17) is 0 Å². The fraction of sp³-hybridized carbons (Fsp3) is 0.312. The molecule has 5 aromatic rings. The van der Waals surface area contributed by atoms with Crippen LogP contribution >= 0.6 is 0 Å². The molecule has 0 aliphatic carbocycles. The van der Waals surface area contributed by atoms with Gasteiger partial charge in [-0.15, -0.1) is 0 Å². The normalized spacial score (nSPS) is 13.4. The van der Waals surface area contributed by atoms with E-state index >= 15 is 0 Å². The van der Waals surface area contributed by atoms with Gasteiger partial charge in [0.05, 0.1) is 50.3 Å². The molecule has 9 nitrogen and oxygen atoms in total. The summed E-state index contributed by atoms with van der Waals surface area (Å²) in [6, 6.07) is 18.6. The van der Waals surface area contributed by atoms with Gasteiger partial charge in [0.2, 0.25) is 6.43 Å². The molecule has 3 aromatic carbocycles. The molecule has 0 saturated heterocycles. The summed E-state index contributed by atoms with van der Waals surface area (Å²) in [6.45, 7) is 5.66. The molecular formula is C32H33F2N7O2S. The molecule has 3 N–H and O–H groups in total. The number of nitrogens with one attached hydrogen (secondary N) is 3. The lowest BCUT2D eigenvalue weighted by Gasteiger charge is -2.25. The van der Waals surface area contributed by atoms with E-state index in [-0.39, 0.29) is 19.5 Å². The summed E-state index contributed by atoms with van der Waals surface area (Å²) in [5.74, 6) is 0. The molecule has 44 heavy (non-hydrogen) atoms. The number of hydrogen-bond donors (Lipinski definition) is 3. The Balaban J connectivity index is 1.64. The predicted molar refractivity (Wildman–Crippen MR) is 169 cm³/mol. The summed E-state index contributed by atoms with van der Waals surface area (Å²) in [7, 11) is 0.280. The van der Waals surface area contributed by atoms with Crippen molar-refractivity contribution in [2.24, 2.45) is 7.05 Å². The first kappa shape index (κ1) is 31.1. The molecule has 0 aliphatic heterocycles. The molecule has 0 radical (unpaired) electrons. The summed E-state index contributed by atoms with van der Waals surface area (Å²) >= 11 is 0. The number of benzene rings is 3. The second-order valence-corrected chi connectivity index (χ2v) is 13.5. The first-order chi connectivity index (χ1) is 21.0. The molecular weight excluding hydrogens is 584 g/mol. The van der Waals surface area contributed by atoms with E-state index in [1.165, 1.54) is 0 Å². The molecule has 2 heterocycles. The SMILES string of the molecule is Cn1ncc(-c2ccc3c(=O)[nH]nc(C(CNCCC(F)F)NS(=O)C(C)(C)C)c3c2)c1-c1ccc2ccccc2c1C#N. The number of nitriles is 1. The van der Waals surface area contributed by atoms with Crippen molar-refractivity contribution in [1.29, 1.82) is 5.26 Å². The number of halogens is 2. The van der Waals surface area contributed by atoms with Crippen molar-refractivity contribution < 1.29 is 13.0 Å². The van der Waals surface area contributed by atoms with Gasteiger partial charge < -0.3 is 5.32 Å². The number of hydrogen-bond acceptors (Lipinski definition) is 6. The van der Waals surface area contributed by atoms with Crippen LogP contribution in [0.15, 0.2) is 65.6 Å². The minimum absolute atomic E-state index is 0.0521. The van der Waals surface area contributed by atoms with E-state index in [0.29, 0.717) is 27.6 Å². The molecule has 2 aromatic heterocycles. The van der Waals surface area contributed by atoms with Crippen molar-refractivity contribution in [3.8, 4) is 28.5 Å². The number of aromatic amines is 1. The van der Waals surface area contributed by atoms with Gasteiger partial charge in [0.1, 0.15) is 6.07 Å². The minimum atomic E-state index is -2.45. The summed E-state index contributed by atoms with van der Waals surface area (Å²) in [6.07, 6.45) is -1.07. The Hall–Kier alpha value is -4.31. The van der Waals surface area contributed by atoms with Crippen molar-refractivity contribution >= 4 is 32.5 Å². The molecule has 5 rings (SSSR count). The van der Waals surface area contributed by atoms with Gasteiger partial charge in [-0.25, -0.2) is 22.8 Å². The van der Waals surface area contributed by atoms with Crippen molar-refractivity contribution in [2.45, 2.75) is 44.4 Å². The smallest absolute Gasteiger partial charge is 0.272 e. The van der Waals surface area contributed by atoms with Crippen molar-refractivity contribution in [1.82, 2.24) is 30.0 Å². The molecule has 0 bridgehead atoms. The monoisotopic (exact) mass is 617 g/mol. The lowest BCUT2D eigenvalue weighted by molar-refractivity contribution is 0.137. The fourth-order valence-corrected chi connectivity index (χ4v) is 5.94. The standard InChI is InChI=1S/C32H33F2N7O2S/c1-32(2,3)44(43)40-27(18-36-14-13-28(33)34)29-24-15-20(10-12-23(24)31(42)39-38-29)26-17-37-41(4)30(26)22-11-9-19-7-5-6-8-21(19)25(22)16-35/h5-12,15,17,27-28,36,40H,13-14,18H2,1-4H3,(H,39,42). The highest BCUT2D eigenvalue weighted by molar-refractivity contribution is 7.84. The first-order valence-corrected chi connectivity index (χ1v) is 15.3. The summed E-state index contributed by atoms with van der Waals surface area (Å²) in [5.41, 5.74) is 3.45. The molecule has 228 valence electrons. The highest BCUT2D eigenvalue weighted by Crippen LogP contribution is 2.37. The molecule has 2 atom stereocenters. The van der Waals surface area contributed by atoms with E-state index in [1.54, 1.807) is 24.0 Å². The van der Waals surface area contributed by atoms with Crippen LogP contribution in [0.5, 0.6) is 0 Å². The Kier molecular flexibility index (Phi) is 9.01. The Morgan fingerprint density at radius 1 is 1.07 bits per heavy atom. The van der Waals surface area contributed by atoms with Gasteiger partial charge in [-0.2, -0.15) is 15.5 Å². The summed E-state index contributed by atoms with van der Waals surface area (Å²) in [4.78, 5) is 12.9. The number of alkyl halides is 2. The van der Waals surface area contributed by atoms with Crippen LogP contribution in [0.2, 0.25) is 0 Å². The van der Waals surface area contributed by atoms with Crippen LogP contribution in [0.25, 0.3) is 43.9 Å². The van der Waals surface area contributed by atoms with Gasteiger partial charge in [-0.05, 0) is 43.9 Å². The molecule has 0 spiro atoms. The number of rotatable bonds is 10. The Bertz CT molecular complexity index is 1960. The second kappa shape index (κ2) is 12.7. The van der Waals surface area contributed by atoms with Crippen molar-refractivity contribution in [2.75, 3.05) is 13.1 Å². The van der Waals surface area contributed by atoms with Crippen molar-refractivity contribution in [3.05, 3.63) is 82.4 Å². The van der Waals surface area contributed by atoms with Crippen molar-refractivity contribution in [3.63, 3.8) is 0 Å². The minimum Gasteiger partial charge on any atom is -0.315 e. The quantitative estimate of drug-likeness (QED) is 0.181. The number of aryl methyl sites for hydroxylation is 1. The van der Waals surface area contributed by atoms with Gasteiger partial charge >= 0.3 is 0 Å². The van der Waals surface area contributed by atoms with Crippen LogP contribution in [0.1, 0.15) is 44.5 Å². The van der Waals surface area contributed by atoms with Crippen LogP contribution in [-0.4, -0.2) is 48.4 Å². The average Bonchev–Trinajstić information content (AvgIpc) is 3.38. The van der Waals surface area contributed by atoms with E-state index in [2.05, 4.69) is 31.4 Å². The zero-order chi connectivity index (χ0) is 31.6. The van der Waals surface area contributed by atoms with E-state index in [1.807, 2.05) is 69.3 Å². The Morgan fingerprint density at radius 3 is 2.57 bits per heavy atom. The largest absolute Gasteiger partial charge is 0.315 e. The van der Waals surface area contributed by atoms with Crippen LogP contribution < -0.4 is 15.6 Å². The average molecular weight is 618 g/mol. The van der Waals surface area contributed by atoms with Crippen LogP contribution in [0.3, 0.4) is 0 Å². The lowest BCUT2D eigenvalue weighted by Crippen LogP contribution is -2.40. The van der Waals surface area contributed by atoms with Gasteiger partial charge in [0, 0.05) is 48.5 Å². The van der Waals surface area contributed by atoms with E-state index in [9.17, 15) is 23.0 Å². The van der Waals surface area contributed by atoms with Crippen LogP contribution in [0.4, 0.5) is 8.78 Å². The molecule has 12 heteroatoms. The third-order valence-corrected chi connectivity index (χ3v) is 9.00. The number of aromatic nitrogens is 4. The number of fused-ring (bicyclic) bond motifs is 2. The third kappa shape index (κ3) is 6.31. The molecule has 0 saturated carbocycles. The van der Waals surface area contributed by atoms with Crippen LogP contribution in [-0.2, 0) is 18.0 Å². The zero-order valence-electron chi connectivity index (χ0n) is 24.8. The highest BCUT2D eigenvalue weighted by atomic mass is 32.2. The number of nitrogens with zero attached hydrogens (tertiary/aromatic N) is 4. The van der Waals surface area contributed by atoms with Gasteiger partial charge in [0.15, 0.2) is 0 Å².